The molecule has 1 N–H and O–H groups in total. The Morgan fingerprint density at radius 1 is 1.10 bits per heavy atom. The van der Waals surface area contributed by atoms with Crippen molar-refractivity contribution in [3.05, 3.63) is 69.7 Å². The Bertz CT molecular complexity index is 1330. The number of carboxylic acids is 1. The summed E-state index contributed by atoms with van der Waals surface area (Å²) >= 11 is 12.6. The van der Waals surface area contributed by atoms with Crippen LogP contribution in [0.2, 0.25) is 10.0 Å². The fourth-order valence-electron chi connectivity index (χ4n) is 5.73. The maximum Gasteiger partial charge on any atom is 0.307 e. The number of likely N-dealkylation sites (tertiary alicyclic amines) is 1. The van der Waals surface area contributed by atoms with Crippen molar-refractivity contribution in [2.75, 3.05) is 13.6 Å². The second-order valence-electron chi connectivity index (χ2n) is 11.3. The molecule has 2 aliphatic rings. The van der Waals surface area contributed by atoms with E-state index in [1.54, 1.807) is 44.0 Å². The molecule has 212 valence electrons. The van der Waals surface area contributed by atoms with Crippen molar-refractivity contribution in [1.82, 2.24) is 9.21 Å². The fourth-order valence-corrected chi connectivity index (χ4v) is 7.65. The molecule has 0 bridgehead atoms. The van der Waals surface area contributed by atoms with E-state index in [4.69, 9.17) is 23.2 Å². The van der Waals surface area contributed by atoms with Crippen LogP contribution in [0.4, 0.5) is 0 Å². The molecular weight excluding hydrogens is 559 g/mol. The molecule has 0 radical (unpaired) electrons. The summed E-state index contributed by atoms with van der Waals surface area (Å²) in [7, 11) is -1.78. The summed E-state index contributed by atoms with van der Waals surface area (Å²) in [4.78, 5) is 28.4. The standard InChI is InChI=1S/C29H36Cl2N2O5S/c1-18(14-15-32(4)39(37,38)24-12-13-24)33-26(20-8-10-22(30)11-9-20)25(21-6-5-7-23(31)16-21)17-29(3,28(33)36)19(2)27(34)35/h5-11,16,18-19,24-26H,12-15,17H2,1-4H3,(H,34,35)/t18-,19?,25+,26+,29+/m0/s1. The van der Waals surface area contributed by atoms with Gasteiger partial charge in [0.25, 0.3) is 0 Å². The summed E-state index contributed by atoms with van der Waals surface area (Å²) in [5.41, 5.74) is 0.583. The molecule has 2 aromatic carbocycles. The second-order valence-corrected chi connectivity index (χ2v) is 14.4. The molecule has 39 heavy (non-hydrogen) atoms. The van der Waals surface area contributed by atoms with Gasteiger partial charge in [-0.3, -0.25) is 9.59 Å². The topological polar surface area (TPSA) is 95.0 Å². The number of carbonyl (C=O) groups is 2. The Balaban J connectivity index is 1.79. The number of rotatable bonds is 10. The summed E-state index contributed by atoms with van der Waals surface area (Å²) in [6, 6.07) is 14.0. The first-order valence-corrected chi connectivity index (χ1v) is 15.5. The zero-order valence-electron chi connectivity index (χ0n) is 22.7. The number of halogens is 2. The SMILES string of the molecule is CC(C(=O)O)[C@@]1(C)C[C@H](c2cccc(Cl)c2)[C@@H](c2ccc(Cl)cc2)N([C@@H](C)CCN(C)S(=O)(=O)C2CC2)C1=O. The van der Waals surface area contributed by atoms with Crippen molar-refractivity contribution in [3.8, 4) is 0 Å². The lowest BCUT2D eigenvalue weighted by atomic mass is 9.63. The Labute approximate surface area is 241 Å². The fraction of sp³-hybridized carbons (Fsp3) is 0.517. The molecule has 1 aliphatic heterocycles. The molecular formula is C29H36Cl2N2O5S. The van der Waals surface area contributed by atoms with Crippen molar-refractivity contribution in [2.45, 2.75) is 69.7 Å². The summed E-state index contributed by atoms with van der Waals surface area (Å²) in [5.74, 6) is -2.49. The molecule has 7 nitrogen and oxygen atoms in total. The van der Waals surface area contributed by atoms with Crippen LogP contribution in [-0.4, -0.2) is 59.5 Å². The zero-order chi connectivity index (χ0) is 28.7. The minimum atomic E-state index is -3.36. The van der Waals surface area contributed by atoms with Crippen molar-refractivity contribution >= 4 is 45.1 Å². The highest BCUT2D eigenvalue weighted by Gasteiger charge is 2.55. The number of carboxylic acid groups (broad SMARTS) is 1. The Morgan fingerprint density at radius 2 is 1.74 bits per heavy atom. The van der Waals surface area contributed by atoms with Gasteiger partial charge in [0.2, 0.25) is 15.9 Å². The smallest absolute Gasteiger partial charge is 0.307 e. The maximum atomic E-state index is 14.4. The van der Waals surface area contributed by atoms with E-state index < -0.39 is 33.4 Å². The second kappa shape index (κ2) is 11.4. The van der Waals surface area contributed by atoms with Crippen LogP contribution in [0.25, 0.3) is 0 Å². The normalized spacial score (nSPS) is 25.5. The highest BCUT2D eigenvalue weighted by atomic mass is 35.5. The highest BCUT2D eigenvalue weighted by Crippen LogP contribution is 2.53. The van der Waals surface area contributed by atoms with Crippen molar-refractivity contribution in [1.29, 1.82) is 0 Å². The Kier molecular flexibility index (Phi) is 8.72. The molecule has 1 amide bonds. The molecule has 4 rings (SSSR count). The average molecular weight is 596 g/mol. The molecule has 1 saturated carbocycles. The lowest BCUT2D eigenvalue weighted by Gasteiger charge is -2.52. The van der Waals surface area contributed by atoms with Gasteiger partial charge in [-0.15, -0.1) is 0 Å². The van der Waals surface area contributed by atoms with Crippen LogP contribution in [0.1, 0.15) is 69.5 Å². The summed E-state index contributed by atoms with van der Waals surface area (Å²) < 4.78 is 26.9. The first-order valence-electron chi connectivity index (χ1n) is 13.3. The van der Waals surface area contributed by atoms with Crippen LogP contribution < -0.4 is 0 Å². The summed E-state index contributed by atoms with van der Waals surface area (Å²) in [5, 5.41) is 10.8. The first-order chi connectivity index (χ1) is 18.3. The van der Waals surface area contributed by atoms with E-state index in [1.807, 2.05) is 37.3 Å². The number of benzene rings is 2. The lowest BCUT2D eigenvalue weighted by Crippen LogP contribution is -2.58. The largest absolute Gasteiger partial charge is 0.481 e. The molecule has 1 aliphatic carbocycles. The number of amides is 1. The molecule has 1 unspecified atom stereocenters. The third-order valence-electron chi connectivity index (χ3n) is 8.58. The van der Waals surface area contributed by atoms with Gasteiger partial charge < -0.3 is 10.0 Å². The number of hydrogen-bond acceptors (Lipinski definition) is 4. The Morgan fingerprint density at radius 3 is 2.31 bits per heavy atom. The van der Waals surface area contributed by atoms with E-state index in [1.165, 1.54) is 4.31 Å². The highest BCUT2D eigenvalue weighted by molar-refractivity contribution is 7.90. The van der Waals surface area contributed by atoms with Crippen LogP contribution >= 0.6 is 23.2 Å². The Hall–Kier alpha value is -2.13. The number of piperidine rings is 1. The number of aliphatic carboxylic acids is 1. The quantitative estimate of drug-likeness (QED) is 0.365. The predicted octanol–water partition coefficient (Wildman–Crippen LogP) is 5.98. The molecule has 2 fully saturated rings. The third-order valence-corrected chi connectivity index (χ3v) is 11.4. The number of nitrogens with zero attached hydrogens (tertiary/aromatic N) is 2. The van der Waals surface area contributed by atoms with Gasteiger partial charge >= 0.3 is 5.97 Å². The molecule has 2 aromatic rings. The summed E-state index contributed by atoms with van der Waals surface area (Å²) in [6.45, 7) is 5.47. The monoisotopic (exact) mass is 594 g/mol. The van der Waals surface area contributed by atoms with Gasteiger partial charge in [-0.25, -0.2) is 12.7 Å². The first kappa shape index (κ1) is 29.8. The van der Waals surface area contributed by atoms with E-state index in [0.717, 1.165) is 11.1 Å². The number of carbonyl (C=O) groups excluding carboxylic acids is 1. The number of sulfonamides is 1. The molecule has 0 aromatic heterocycles. The zero-order valence-corrected chi connectivity index (χ0v) is 25.0. The van der Waals surface area contributed by atoms with E-state index in [2.05, 4.69) is 0 Å². The molecule has 1 saturated heterocycles. The van der Waals surface area contributed by atoms with Gasteiger partial charge in [-0.05, 0) is 74.9 Å². The van der Waals surface area contributed by atoms with E-state index in [-0.39, 0.29) is 29.7 Å². The summed E-state index contributed by atoms with van der Waals surface area (Å²) in [6.07, 6.45) is 2.07. The third kappa shape index (κ3) is 5.99. The molecule has 0 spiro atoms. The van der Waals surface area contributed by atoms with Crippen molar-refractivity contribution < 1.29 is 23.1 Å². The van der Waals surface area contributed by atoms with E-state index in [9.17, 15) is 23.1 Å². The van der Waals surface area contributed by atoms with Crippen LogP contribution in [0.3, 0.4) is 0 Å². The molecule has 1 heterocycles. The molecule has 10 heteroatoms. The van der Waals surface area contributed by atoms with Gasteiger partial charge in [-0.2, -0.15) is 0 Å². The average Bonchev–Trinajstić information content (AvgIpc) is 3.74. The van der Waals surface area contributed by atoms with Crippen molar-refractivity contribution in [2.24, 2.45) is 11.3 Å². The van der Waals surface area contributed by atoms with Crippen LogP contribution in [0.15, 0.2) is 48.5 Å². The van der Waals surface area contributed by atoms with Gasteiger partial charge in [0.1, 0.15) is 0 Å². The minimum absolute atomic E-state index is 0.254. The van der Waals surface area contributed by atoms with E-state index in [0.29, 0.717) is 35.7 Å². The minimum Gasteiger partial charge on any atom is -0.481 e. The number of hydrogen-bond donors (Lipinski definition) is 1. The maximum absolute atomic E-state index is 14.4. The predicted molar refractivity (Wildman–Crippen MR) is 153 cm³/mol. The van der Waals surface area contributed by atoms with Gasteiger partial charge in [0.05, 0.1) is 22.6 Å². The van der Waals surface area contributed by atoms with Gasteiger partial charge in [0, 0.05) is 35.6 Å². The van der Waals surface area contributed by atoms with Gasteiger partial charge in [0.15, 0.2) is 0 Å². The molecule has 5 atom stereocenters. The lowest BCUT2D eigenvalue weighted by molar-refractivity contribution is -0.166. The van der Waals surface area contributed by atoms with Crippen LogP contribution in [0.5, 0.6) is 0 Å². The van der Waals surface area contributed by atoms with Crippen LogP contribution in [0, 0.1) is 11.3 Å². The van der Waals surface area contributed by atoms with Gasteiger partial charge in [-0.1, -0.05) is 54.4 Å². The van der Waals surface area contributed by atoms with Crippen molar-refractivity contribution in [3.63, 3.8) is 0 Å². The van der Waals surface area contributed by atoms with Crippen LogP contribution in [-0.2, 0) is 19.6 Å². The van der Waals surface area contributed by atoms with E-state index >= 15 is 0 Å².